The summed E-state index contributed by atoms with van der Waals surface area (Å²) in [6.45, 7) is 5.21. The van der Waals surface area contributed by atoms with Crippen LogP contribution in [0.15, 0.2) is 12.1 Å². The molecular weight excluding hydrogens is 232 g/mol. The highest BCUT2D eigenvalue weighted by Gasteiger charge is 2.13. The van der Waals surface area contributed by atoms with Gasteiger partial charge in [-0.2, -0.15) is 0 Å². The van der Waals surface area contributed by atoms with E-state index in [4.69, 9.17) is 14.2 Å². The van der Waals surface area contributed by atoms with Crippen LogP contribution in [0.1, 0.15) is 22.8 Å². The molecule has 4 heteroatoms. The lowest BCUT2D eigenvalue weighted by Crippen LogP contribution is -2.12. The molecule has 1 N–H and O–H groups in total. The van der Waals surface area contributed by atoms with E-state index >= 15 is 0 Å². The Bertz CT molecular complexity index is 376. The predicted octanol–water partition coefficient (Wildman–Crippen LogP) is 2.01. The fourth-order valence-corrected chi connectivity index (χ4v) is 1.82. The van der Waals surface area contributed by atoms with Gasteiger partial charge in [0.05, 0.1) is 26.9 Å². The summed E-state index contributed by atoms with van der Waals surface area (Å²) in [5, 5.41) is 10.1. The van der Waals surface area contributed by atoms with Gasteiger partial charge in [-0.05, 0) is 42.7 Å². The minimum atomic E-state index is -0.619. The Hall–Kier alpha value is -1.10. The SMILES string of the molecule is COCCOCC(O)c1cc(C)c(OC)cc1C. The average Bonchev–Trinajstić information content (AvgIpc) is 2.36. The van der Waals surface area contributed by atoms with Crippen molar-refractivity contribution < 1.29 is 19.3 Å². The van der Waals surface area contributed by atoms with Crippen LogP contribution >= 0.6 is 0 Å². The Morgan fingerprint density at radius 3 is 2.44 bits per heavy atom. The standard InChI is InChI=1S/C14H22O4/c1-10-8-14(17-4)11(2)7-12(10)13(15)9-18-6-5-16-3/h7-8,13,15H,5-6,9H2,1-4H3. The molecule has 0 spiro atoms. The van der Waals surface area contributed by atoms with Crippen molar-refractivity contribution in [3.63, 3.8) is 0 Å². The van der Waals surface area contributed by atoms with Crippen LogP contribution in [0.25, 0.3) is 0 Å². The maximum absolute atomic E-state index is 10.1. The molecule has 1 unspecified atom stereocenters. The van der Waals surface area contributed by atoms with E-state index in [9.17, 15) is 5.11 Å². The van der Waals surface area contributed by atoms with E-state index in [-0.39, 0.29) is 6.61 Å². The number of rotatable bonds is 7. The highest BCUT2D eigenvalue weighted by atomic mass is 16.5. The maximum Gasteiger partial charge on any atom is 0.122 e. The van der Waals surface area contributed by atoms with Crippen LogP contribution in [0.4, 0.5) is 0 Å². The highest BCUT2D eigenvalue weighted by Crippen LogP contribution is 2.26. The molecule has 4 nitrogen and oxygen atoms in total. The molecule has 102 valence electrons. The summed E-state index contributed by atoms with van der Waals surface area (Å²) in [7, 11) is 3.27. The predicted molar refractivity (Wildman–Crippen MR) is 70.1 cm³/mol. The number of methoxy groups -OCH3 is 2. The van der Waals surface area contributed by atoms with Gasteiger partial charge in [0.1, 0.15) is 11.9 Å². The second-order valence-electron chi connectivity index (χ2n) is 4.26. The smallest absolute Gasteiger partial charge is 0.122 e. The van der Waals surface area contributed by atoms with E-state index in [1.54, 1.807) is 14.2 Å². The van der Waals surface area contributed by atoms with Gasteiger partial charge in [0.2, 0.25) is 0 Å². The molecule has 0 heterocycles. The van der Waals surface area contributed by atoms with Crippen LogP contribution in [-0.2, 0) is 9.47 Å². The first-order valence-electron chi connectivity index (χ1n) is 6.00. The number of benzene rings is 1. The van der Waals surface area contributed by atoms with Crippen molar-refractivity contribution in [2.24, 2.45) is 0 Å². The van der Waals surface area contributed by atoms with Crippen LogP contribution < -0.4 is 4.74 Å². The van der Waals surface area contributed by atoms with Crippen LogP contribution in [0.3, 0.4) is 0 Å². The van der Waals surface area contributed by atoms with E-state index in [0.29, 0.717) is 13.2 Å². The number of aryl methyl sites for hydroxylation is 2. The number of hydrogen-bond donors (Lipinski definition) is 1. The van der Waals surface area contributed by atoms with Crippen molar-refractivity contribution in [2.45, 2.75) is 20.0 Å². The molecule has 18 heavy (non-hydrogen) atoms. The second kappa shape index (κ2) is 7.36. The Morgan fingerprint density at radius 1 is 1.11 bits per heavy atom. The van der Waals surface area contributed by atoms with Crippen LogP contribution in [0.2, 0.25) is 0 Å². The van der Waals surface area contributed by atoms with Crippen molar-refractivity contribution >= 4 is 0 Å². The van der Waals surface area contributed by atoms with Gasteiger partial charge >= 0.3 is 0 Å². The topological polar surface area (TPSA) is 47.9 Å². The van der Waals surface area contributed by atoms with Crippen molar-refractivity contribution in [2.75, 3.05) is 34.0 Å². The Labute approximate surface area is 108 Å². The zero-order chi connectivity index (χ0) is 13.5. The third kappa shape index (κ3) is 3.98. The second-order valence-corrected chi connectivity index (χ2v) is 4.26. The van der Waals surface area contributed by atoms with E-state index in [1.807, 2.05) is 26.0 Å². The zero-order valence-corrected chi connectivity index (χ0v) is 11.5. The first-order chi connectivity index (χ1) is 8.60. The third-order valence-electron chi connectivity index (χ3n) is 2.85. The van der Waals surface area contributed by atoms with Gasteiger partial charge in [-0.25, -0.2) is 0 Å². The van der Waals surface area contributed by atoms with E-state index in [1.165, 1.54) is 0 Å². The first-order valence-corrected chi connectivity index (χ1v) is 6.00. The Morgan fingerprint density at radius 2 is 1.83 bits per heavy atom. The average molecular weight is 254 g/mol. The molecule has 0 aromatic heterocycles. The largest absolute Gasteiger partial charge is 0.496 e. The molecule has 0 amide bonds. The Kier molecular flexibility index (Phi) is 6.12. The van der Waals surface area contributed by atoms with Gasteiger partial charge in [-0.1, -0.05) is 0 Å². The fourth-order valence-electron chi connectivity index (χ4n) is 1.82. The summed E-state index contributed by atoms with van der Waals surface area (Å²) < 4.78 is 15.5. The summed E-state index contributed by atoms with van der Waals surface area (Å²) in [5.41, 5.74) is 2.89. The summed E-state index contributed by atoms with van der Waals surface area (Å²) in [6, 6.07) is 3.88. The highest BCUT2D eigenvalue weighted by molar-refractivity contribution is 5.42. The summed E-state index contributed by atoms with van der Waals surface area (Å²) in [5.74, 6) is 0.837. The summed E-state index contributed by atoms with van der Waals surface area (Å²) in [4.78, 5) is 0. The molecule has 0 aliphatic rings. The van der Waals surface area contributed by atoms with Gasteiger partial charge < -0.3 is 19.3 Å². The van der Waals surface area contributed by atoms with Crippen molar-refractivity contribution in [1.29, 1.82) is 0 Å². The van der Waals surface area contributed by atoms with Crippen molar-refractivity contribution in [3.05, 3.63) is 28.8 Å². The number of aliphatic hydroxyl groups excluding tert-OH is 1. The molecule has 0 saturated heterocycles. The van der Waals surface area contributed by atoms with Crippen molar-refractivity contribution in [1.82, 2.24) is 0 Å². The first kappa shape index (κ1) is 15.0. The molecule has 1 aromatic rings. The molecule has 0 fully saturated rings. The van der Waals surface area contributed by atoms with Gasteiger partial charge in [0.15, 0.2) is 0 Å². The number of ether oxygens (including phenoxy) is 3. The molecule has 1 rings (SSSR count). The van der Waals surface area contributed by atoms with Crippen molar-refractivity contribution in [3.8, 4) is 5.75 Å². The molecule has 0 aliphatic heterocycles. The van der Waals surface area contributed by atoms with E-state index in [0.717, 1.165) is 22.4 Å². The summed E-state index contributed by atoms with van der Waals surface area (Å²) in [6.07, 6.45) is -0.619. The summed E-state index contributed by atoms with van der Waals surface area (Å²) >= 11 is 0. The molecular formula is C14H22O4. The Balaban J connectivity index is 2.67. The van der Waals surface area contributed by atoms with Crippen LogP contribution in [-0.4, -0.2) is 39.1 Å². The third-order valence-corrected chi connectivity index (χ3v) is 2.85. The zero-order valence-electron chi connectivity index (χ0n) is 11.5. The molecule has 1 atom stereocenters. The molecule has 0 saturated carbocycles. The van der Waals surface area contributed by atoms with E-state index < -0.39 is 6.10 Å². The lowest BCUT2D eigenvalue weighted by Gasteiger charge is -2.16. The van der Waals surface area contributed by atoms with Crippen LogP contribution in [0, 0.1) is 13.8 Å². The maximum atomic E-state index is 10.1. The monoisotopic (exact) mass is 254 g/mol. The van der Waals surface area contributed by atoms with Gasteiger partial charge in [0, 0.05) is 7.11 Å². The quantitative estimate of drug-likeness (QED) is 0.756. The molecule has 0 aliphatic carbocycles. The molecule has 1 aromatic carbocycles. The normalized spacial score (nSPS) is 12.5. The van der Waals surface area contributed by atoms with Crippen LogP contribution in [0.5, 0.6) is 5.75 Å². The number of hydrogen-bond acceptors (Lipinski definition) is 4. The van der Waals surface area contributed by atoms with Gasteiger partial charge in [0.25, 0.3) is 0 Å². The number of aliphatic hydroxyl groups is 1. The minimum absolute atomic E-state index is 0.274. The van der Waals surface area contributed by atoms with Gasteiger partial charge in [-0.3, -0.25) is 0 Å². The van der Waals surface area contributed by atoms with E-state index in [2.05, 4.69) is 0 Å². The van der Waals surface area contributed by atoms with Gasteiger partial charge in [-0.15, -0.1) is 0 Å². The fraction of sp³-hybridized carbons (Fsp3) is 0.571. The molecule has 0 bridgehead atoms. The lowest BCUT2D eigenvalue weighted by molar-refractivity contribution is 0.0123. The lowest BCUT2D eigenvalue weighted by atomic mass is 10.0. The molecule has 0 radical (unpaired) electrons. The minimum Gasteiger partial charge on any atom is -0.496 e.